The molecule has 0 atom stereocenters. The Morgan fingerprint density at radius 3 is 2.15 bits per heavy atom. The molecule has 0 aliphatic carbocycles. The van der Waals surface area contributed by atoms with Crippen molar-refractivity contribution in [1.82, 2.24) is 9.55 Å². The Morgan fingerprint density at radius 2 is 1.56 bits per heavy atom. The minimum absolute atomic E-state index is 0.189. The van der Waals surface area contributed by atoms with Crippen molar-refractivity contribution in [3.05, 3.63) is 47.8 Å². The number of benzene rings is 2. The van der Waals surface area contributed by atoms with Gasteiger partial charge in [0.1, 0.15) is 5.82 Å². The second kappa shape index (κ2) is 8.12. The molecule has 0 amide bonds. The fraction of sp³-hybridized carbons (Fsp3) is 0.333. The summed E-state index contributed by atoms with van der Waals surface area (Å²) in [6.07, 6.45) is 0. The lowest BCUT2D eigenvalue weighted by Gasteiger charge is -2.17. The fourth-order valence-corrected chi connectivity index (χ4v) is 3.04. The van der Waals surface area contributed by atoms with Gasteiger partial charge in [-0.3, -0.25) is 9.36 Å². The number of imidazole rings is 1. The first-order valence-corrected chi connectivity index (χ1v) is 9.15. The summed E-state index contributed by atoms with van der Waals surface area (Å²) in [7, 11) is 0. The van der Waals surface area contributed by atoms with Crippen LogP contribution >= 0.6 is 0 Å². The van der Waals surface area contributed by atoms with Crippen LogP contribution in [0.2, 0.25) is 0 Å². The van der Waals surface area contributed by atoms with E-state index in [-0.39, 0.29) is 5.91 Å². The molecule has 6 nitrogen and oxygen atoms in total. The molecule has 0 unspecified atom stereocenters. The van der Waals surface area contributed by atoms with E-state index in [4.69, 9.17) is 14.2 Å². The molecule has 0 aliphatic rings. The zero-order chi connectivity index (χ0) is 19.4. The Labute approximate surface area is 158 Å². The number of aryl methyl sites for hydroxylation is 1. The van der Waals surface area contributed by atoms with Gasteiger partial charge in [-0.2, -0.15) is 0 Å². The van der Waals surface area contributed by atoms with Crippen LogP contribution in [0.4, 0.5) is 0 Å². The van der Waals surface area contributed by atoms with Crippen LogP contribution in [0, 0.1) is 6.92 Å². The number of fused-ring (bicyclic) bond motifs is 1. The third-order valence-corrected chi connectivity index (χ3v) is 4.09. The average molecular weight is 368 g/mol. The van der Waals surface area contributed by atoms with Crippen LogP contribution in [-0.4, -0.2) is 35.3 Å². The van der Waals surface area contributed by atoms with Crippen LogP contribution in [0.3, 0.4) is 0 Å². The largest absolute Gasteiger partial charge is 0.490 e. The standard InChI is InChI=1S/C21H24N2O4/c1-5-25-18-12-15(13-19(26-6-2)20(18)27-7-3)21(24)23-14(4)22-16-10-8-9-11-17(16)23/h8-13H,5-7H2,1-4H3. The zero-order valence-corrected chi connectivity index (χ0v) is 16.1. The van der Waals surface area contributed by atoms with Gasteiger partial charge >= 0.3 is 0 Å². The molecular weight excluding hydrogens is 344 g/mol. The number of rotatable bonds is 7. The minimum Gasteiger partial charge on any atom is -0.490 e. The number of carbonyl (C=O) groups excluding carboxylic acids is 1. The van der Waals surface area contributed by atoms with Crippen LogP contribution in [0.15, 0.2) is 36.4 Å². The normalized spacial score (nSPS) is 10.8. The van der Waals surface area contributed by atoms with Gasteiger partial charge in [0.05, 0.1) is 30.9 Å². The van der Waals surface area contributed by atoms with Gasteiger partial charge in [0.15, 0.2) is 11.5 Å². The number of carbonyl (C=O) groups is 1. The summed E-state index contributed by atoms with van der Waals surface area (Å²) < 4.78 is 18.8. The van der Waals surface area contributed by atoms with Crippen molar-refractivity contribution in [2.45, 2.75) is 27.7 Å². The molecule has 0 N–H and O–H groups in total. The smallest absolute Gasteiger partial charge is 0.264 e. The van der Waals surface area contributed by atoms with E-state index in [1.807, 2.05) is 52.0 Å². The summed E-state index contributed by atoms with van der Waals surface area (Å²) in [5, 5.41) is 0. The van der Waals surface area contributed by atoms with E-state index in [2.05, 4.69) is 4.98 Å². The van der Waals surface area contributed by atoms with Gasteiger partial charge in [0.25, 0.3) is 5.91 Å². The molecule has 1 heterocycles. The number of nitrogens with zero attached hydrogens (tertiary/aromatic N) is 2. The number of hydrogen-bond acceptors (Lipinski definition) is 5. The Morgan fingerprint density at radius 1 is 0.963 bits per heavy atom. The molecule has 3 aromatic rings. The molecule has 0 fully saturated rings. The molecule has 0 aliphatic heterocycles. The van der Waals surface area contributed by atoms with Gasteiger partial charge < -0.3 is 14.2 Å². The van der Waals surface area contributed by atoms with Gasteiger partial charge in [0.2, 0.25) is 5.75 Å². The highest BCUT2D eigenvalue weighted by atomic mass is 16.5. The second-order valence-corrected chi connectivity index (χ2v) is 5.89. The van der Waals surface area contributed by atoms with E-state index in [0.717, 1.165) is 11.0 Å². The van der Waals surface area contributed by atoms with Crippen LogP contribution < -0.4 is 14.2 Å². The van der Waals surface area contributed by atoms with E-state index in [0.29, 0.717) is 48.5 Å². The highest BCUT2D eigenvalue weighted by Gasteiger charge is 2.21. The Hall–Kier alpha value is -3.02. The lowest BCUT2D eigenvalue weighted by molar-refractivity contribution is 0.0961. The van der Waals surface area contributed by atoms with Crippen LogP contribution in [0.1, 0.15) is 37.0 Å². The van der Waals surface area contributed by atoms with E-state index < -0.39 is 0 Å². The van der Waals surface area contributed by atoms with Crippen LogP contribution in [0.25, 0.3) is 11.0 Å². The molecule has 2 aromatic carbocycles. The maximum absolute atomic E-state index is 13.3. The van der Waals surface area contributed by atoms with Gasteiger partial charge in [0, 0.05) is 5.56 Å². The third-order valence-electron chi connectivity index (χ3n) is 4.09. The first-order valence-electron chi connectivity index (χ1n) is 9.15. The summed E-state index contributed by atoms with van der Waals surface area (Å²) in [4.78, 5) is 17.8. The summed E-state index contributed by atoms with van der Waals surface area (Å²) in [6, 6.07) is 11.0. The van der Waals surface area contributed by atoms with Gasteiger partial charge in [-0.1, -0.05) is 12.1 Å². The highest BCUT2D eigenvalue weighted by molar-refractivity contribution is 6.02. The molecule has 0 spiro atoms. The van der Waals surface area contributed by atoms with Crippen molar-refractivity contribution in [2.75, 3.05) is 19.8 Å². The molecule has 6 heteroatoms. The van der Waals surface area contributed by atoms with E-state index in [1.165, 1.54) is 0 Å². The molecule has 0 saturated heterocycles. The van der Waals surface area contributed by atoms with Gasteiger partial charge in [-0.05, 0) is 52.0 Å². The van der Waals surface area contributed by atoms with Crippen molar-refractivity contribution >= 4 is 16.9 Å². The van der Waals surface area contributed by atoms with Crippen molar-refractivity contribution in [3.63, 3.8) is 0 Å². The molecular formula is C21H24N2O4. The van der Waals surface area contributed by atoms with Gasteiger partial charge in [-0.15, -0.1) is 0 Å². The number of hydrogen-bond donors (Lipinski definition) is 0. The monoisotopic (exact) mass is 368 g/mol. The van der Waals surface area contributed by atoms with E-state index in [9.17, 15) is 4.79 Å². The number of ether oxygens (including phenoxy) is 3. The lowest BCUT2D eigenvalue weighted by atomic mass is 10.1. The van der Waals surface area contributed by atoms with E-state index >= 15 is 0 Å². The Bertz CT molecular complexity index is 935. The van der Waals surface area contributed by atoms with Crippen LogP contribution in [0.5, 0.6) is 17.2 Å². The fourth-order valence-electron chi connectivity index (χ4n) is 3.04. The molecule has 0 radical (unpaired) electrons. The average Bonchev–Trinajstić information content (AvgIpc) is 2.99. The highest BCUT2D eigenvalue weighted by Crippen LogP contribution is 2.39. The molecule has 1 aromatic heterocycles. The van der Waals surface area contributed by atoms with Crippen LogP contribution in [-0.2, 0) is 0 Å². The molecule has 27 heavy (non-hydrogen) atoms. The molecule has 3 rings (SSSR count). The molecule has 0 saturated carbocycles. The predicted molar refractivity (Wildman–Crippen MR) is 104 cm³/mol. The quantitative estimate of drug-likeness (QED) is 0.624. The van der Waals surface area contributed by atoms with Crippen molar-refractivity contribution < 1.29 is 19.0 Å². The topological polar surface area (TPSA) is 62.6 Å². The number of aromatic nitrogens is 2. The number of para-hydroxylation sites is 2. The molecule has 142 valence electrons. The van der Waals surface area contributed by atoms with Crippen molar-refractivity contribution in [3.8, 4) is 17.2 Å². The Kier molecular flexibility index (Phi) is 5.64. The minimum atomic E-state index is -0.189. The summed E-state index contributed by atoms with van der Waals surface area (Å²) in [6.45, 7) is 8.87. The Balaban J connectivity index is 2.14. The lowest BCUT2D eigenvalue weighted by Crippen LogP contribution is -2.14. The zero-order valence-electron chi connectivity index (χ0n) is 16.1. The maximum Gasteiger partial charge on any atom is 0.264 e. The predicted octanol–water partition coefficient (Wildman–Crippen LogP) is 4.23. The maximum atomic E-state index is 13.3. The first-order chi connectivity index (χ1) is 13.1. The summed E-state index contributed by atoms with van der Waals surface area (Å²) in [5.74, 6) is 1.95. The SMILES string of the molecule is CCOc1cc(C(=O)n2c(C)nc3ccccc32)cc(OCC)c1OCC. The summed E-state index contributed by atoms with van der Waals surface area (Å²) in [5.41, 5.74) is 2.01. The molecule has 0 bridgehead atoms. The van der Waals surface area contributed by atoms with Crippen molar-refractivity contribution in [1.29, 1.82) is 0 Å². The first kappa shape index (κ1) is 18.8. The van der Waals surface area contributed by atoms with Crippen molar-refractivity contribution in [2.24, 2.45) is 0 Å². The van der Waals surface area contributed by atoms with Gasteiger partial charge in [-0.25, -0.2) is 4.98 Å². The summed E-state index contributed by atoms with van der Waals surface area (Å²) >= 11 is 0. The second-order valence-electron chi connectivity index (χ2n) is 5.89. The van der Waals surface area contributed by atoms with E-state index in [1.54, 1.807) is 16.7 Å². The third kappa shape index (κ3) is 3.60.